The summed E-state index contributed by atoms with van der Waals surface area (Å²) < 4.78 is 36.6. The van der Waals surface area contributed by atoms with E-state index in [4.69, 9.17) is 10.9 Å². The molecule has 0 saturated carbocycles. The highest BCUT2D eigenvalue weighted by molar-refractivity contribution is 7.89. The van der Waals surface area contributed by atoms with Crippen molar-refractivity contribution in [3.8, 4) is 11.3 Å². The van der Waals surface area contributed by atoms with Gasteiger partial charge in [0.25, 0.3) is 0 Å². The fourth-order valence-corrected chi connectivity index (χ4v) is 3.45. The van der Waals surface area contributed by atoms with Crippen LogP contribution in [-0.2, 0) is 10.0 Å². The minimum atomic E-state index is -3.95. The number of nitrogens with two attached hydrogens (primary N) is 2. The zero-order chi connectivity index (χ0) is 21.9. The molecule has 6 N–H and O–H groups in total. The summed E-state index contributed by atoms with van der Waals surface area (Å²) in [6.07, 6.45) is 0. The predicted octanol–water partition coefficient (Wildman–Crippen LogP) is 2.65. The highest BCUT2D eigenvalue weighted by atomic mass is 32.2. The molecule has 8 nitrogen and oxygen atoms in total. The number of hydrogen-bond acceptors (Lipinski definition) is 7. The van der Waals surface area contributed by atoms with E-state index in [-0.39, 0.29) is 16.5 Å². The lowest BCUT2D eigenvalue weighted by molar-refractivity contribution is 0.593. The summed E-state index contributed by atoms with van der Waals surface area (Å²) in [6, 6.07) is 11.2. The summed E-state index contributed by atoms with van der Waals surface area (Å²) in [5.74, 6) is -0.0104. The van der Waals surface area contributed by atoms with Gasteiger partial charge in [0.05, 0.1) is 16.3 Å². The van der Waals surface area contributed by atoms with E-state index in [0.29, 0.717) is 24.6 Å². The van der Waals surface area contributed by atoms with Crippen LogP contribution in [0.15, 0.2) is 47.4 Å². The Morgan fingerprint density at radius 2 is 1.77 bits per heavy atom. The minimum absolute atomic E-state index is 0.147. The Balaban J connectivity index is 1.66. The van der Waals surface area contributed by atoms with Crippen LogP contribution >= 0.6 is 0 Å². The number of aryl methyl sites for hydroxylation is 1. The van der Waals surface area contributed by atoms with Gasteiger partial charge in [-0.1, -0.05) is 18.2 Å². The second-order valence-electron chi connectivity index (χ2n) is 6.78. The van der Waals surface area contributed by atoms with E-state index in [1.54, 1.807) is 6.07 Å². The smallest absolute Gasteiger partial charge is 0.238 e. The van der Waals surface area contributed by atoms with Crippen LogP contribution in [-0.4, -0.2) is 31.5 Å². The van der Waals surface area contributed by atoms with E-state index >= 15 is 0 Å². The molecular weight excluding hydrogens is 407 g/mol. The number of nitrogen functional groups attached to an aromatic ring is 1. The first-order chi connectivity index (χ1) is 14.1. The maximum Gasteiger partial charge on any atom is 0.238 e. The van der Waals surface area contributed by atoms with Gasteiger partial charge in [-0.3, -0.25) is 0 Å². The minimum Gasteiger partial charge on any atom is -0.381 e. The summed E-state index contributed by atoms with van der Waals surface area (Å²) in [5.41, 5.74) is 9.98. The molecular formula is C20H23FN6O2S. The normalized spacial score (nSPS) is 11.3. The third-order valence-electron chi connectivity index (χ3n) is 4.64. The summed E-state index contributed by atoms with van der Waals surface area (Å²) in [6.45, 7) is 4.83. The molecule has 0 atom stereocenters. The van der Waals surface area contributed by atoms with Crippen LogP contribution in [0.5, 0.6) is 0 Å². The average molecular weight is 431 g/mol. The molecule has 0 saturated heterocycles. The number of anilines is 3. The molecule has 158 valence electrons. The van der Waals surface area contributed by atoms with Crippen LogP contribution in [0.2, 0.25) is 0 Å². The molecule has 0 amide bonds. The Bertz CT molecular complexity index is 1180. The molecule has 0 fully saturated rings. The van der Waals surface area contributed by atoms with Crippen LogP contribution in [0.1, 0.15) is 11.1 Å². The SMILES string of the molecule is Cc1cccc(-c2cc(NCCNc3ccc(S(N)(=O)=O)cc3F)nc(N)n2)c1C. The maximum atomic E-state index is 14.1. The Morgan fingerprint density at radius 1 is 1.03 bits per heavy atom. The number of nitrogens with one attached hydrogen (secondary N) is 2. The van der Waals surface area contributed by atoms with Crippen molar-refractivity contribution < 1.29 is 12.8 Å². The number of aromatic nitrogens is 2. The maximum absolute atomic E-state index is 14.1. The Morgan fingerprint density at radius 3 is 2.47 bits per heavy atom. The number of halogens is 1. The van der Waals surface area contributed by atoms with Crippen molar-refractivity contribution in [3.63, 3.8) is 0 Å². The highest BCUT2D eigenvalue weighted by Gasteiger charge is 2.12. The first-order valence-electron chi connectivity index (χ1n) is 9.16. The molecule has 2 aromatic carbocycles. The van der Waals surface area contributed by atoms with Gasteiger partial charge in [0, 0.05) is 24.7 Å². The van der Waals surface area contributed by atoms with Gasteiger partial charge in [-0.25, -0.2) is 22.9 Å². The van der Waals surface area contributed by atoms with Gasteiger partial charge in [-0.15, -0.1) is 0 Å². The van der Waals surface area contributed by atoms with Gasteiger partial charge < -0.3 is 16.4 Å². The standard InChI is InChI=1S/C20H23FN6O2S/c1-12-4-3-5-15(13(12)2)18-11-19(27-20(22)26-18)25-9-8-24-17-7-6-14(10-16(17)21)30(23,28)29/h3-7,10-11,24H,8-9H2,1-2H3,(H2,23,28,29)(H3,22,25,26,27). The van der Waals surface area contributed by atoms with Gasteiger partial charge in [-0.05, 0) is 43.2 Å². The second-order valence-corrected chi connectivity index (χ2v) is 8.35. The molecule has 0 bridgehead atoms. The zero-order valence-corrected chi connectivity index (χ0v) is 17.4. The molecule has 0 unspecified atom stereocenters. The monoisotopic (exact) mass is 430 g/mol. The summed E-state index contributed by atoms with van der Waals surface area (Å²) >= 11 is 0. The number of primary sulfonamides is 1. The van der Waals surface area contributed by atoms with Gasteiger partial charge in [0.1, 0.15) is 11.6 Å². The largest absolute Gasteiger partial charge is 0.381 e. The topological polar surface area (TPSA) is 136 Å². The van der Waals surface area contributed by atoms with E-state index in [1.165, 1.54) is 12.1 Å². The Hall–Kier alpha value is -3.24. The van der Waals surface area contributed by atoms with Crippen LogP contribution in [0.4, 0.5) is 21.8 Å². The molecule has 0 spiro atoms. The number of rotatable bonds is 7. The van der Waals surface area contributed by atoms with Crippen molar-refractivity contribution in [1.82, 2.24) is 9.97 Å². The molecule has 0 aliphatic heterocycles. The Labute approximate surface area is 174 Å². The summed E-state index contributed by atoms with van der Waals surface area (Å²) in [7, 11) is -3.95. The third kappa shape index (κ3) is 5.02. The lowest BCUT2D eigenvalue weighted by Crippen LogP contribution is -2.16. The van der Waals surface area contributed by atoms with Crippen molar-refractivity contribution in [2.75, 3.05) is 29.5 Å². The van der Waals surface area contributed by atoms with Gasteiger partial charge in [0.15, 0.2) is 0 Å². The van der Waals surface area contributed by atoms with E-state index < -0.39 is 15.8 Å². The molecule has 0 aliphatic carbocycles. The molecule has 1 aromatic heterocycles. The van der Waals surface area contributed by atoms with E-state index in [1.807, 2.05) is 32.0 Å². The van der Waals surface area contributed by atoms with Crippen molar-refractivity contribution in [2.45, 2.75) is 18.7 Å². The van der Waals surface area contributed by atoms with Crippen molar-refractivity contribution in [3.05, 3.63) is 59.4 Å². The lowest BCUT2D eigenvalue weighted by atomic mass is 10.0. The fraction of sp³-hybridized carbons (Fsp3) is 0.200. The summed E-state index contributed by atoms with van der Waals surface area (Å²) in [5, 5.41) is 11.0. The van der Waals surface area contributed by atoms with Crippen LogP contribution < -0.4 is 21.5 Å². The number of hydrogen-bond donors (Lipinski definition) is 4. The fourth-order valence-electron chi connectivity index (χ4n) is 2.93. The lowest BCUT2D eigenvalue weighted by Gasteiger charge is -2.12. The third-order valence-corrected chi connectivity index (χ3v) is 5.55. The first-order valence-corrected chi connectivity index (χ1v) is 10.7. The quantitative estimate of drug-likeness (QED) is 0.423. The van der Waals surface area contributed by atoms with Gasteiger partial charge in [0.2, 0.25) is 16.0 Å². The second kappa shape index (κ2) is 8.64. The predicted molar refractivity (Wildman–Crippen MR) is 116 cm³/mol. The zero-order valence-electron chi connectivity index (χ0n) is 16.6. The van der Waals surface area contributed by atoms with E-state index in [0.717, 1.165) is 22.8 Å². The van der Waals surface area contributed by atoms with E-state index in [9.17, 15) is 12.8 Å². The number of benzene rings is 2. The van der Waals surface area contributed by atoms with Crippen molar-refractivity contribution in [1.29, 1.82) is 0 Å². The van der Waals surface area contributed by atoms with Crippen LogP contribution in [0.3, 0.4) is 0 Å². The van der Waals surface area contributed by atoms with Crippen LogP contribution in [0, 0.1) is 19.7 Å². The molecule has 30 heavy (non-hydrogen) atoms. The van der Waals surface area contributed by atoms with Crippen molar-refractivity contribution in [2.24, 2.45) is 5.14 Å². The molecule has 0 radical (unpaired) electrons. The molecule has 3 aromatic rings. The van der Waals surface area contributed by atoms with Crippen molar-refractivity contribution >= 4 is 27.5 Å². The number of sulfonamides is 1. The average Bonchev–Trinajstić information content (AvgIpc) is 2.67. The van der Waals surface area contributed by atoms with E-state index in [2.05, 4.69) is 20.6 Å². The molecule has 10 heteroatoms. The first kappa shape index (κ1) is 21.5. The number of nitrogens with zero attached hydrogens (tertiary/aromatic N) is 2. The van der Waals surface area contributed by atoms with Gasteiger partial charge >= 0.3 is 0 Å². The highest BCUT2D eigenvalue weighted by Crippen LogP contribution is 2.26. The Kier molecular flexibility index (Phi) is 6.18. The summed E-state index contributed by atoms with van der Waals surface area (Å²) in [4.78, 5) is 8.23. The molecule has 3 rings (SSSR count). The molecule has 0 aliphatic rings. The van der Waals surface area contributed by atoms with Gasteiger partial charge in [-0.2, -0.15) is 4.98 Å². The van der Waals surface area contributed by atoms with Crippen LogP contribution in [0.25, 0.3) is 11.3 Å². The molecule has 1 heterocycles.